The number of carbonyl (C=O) groups excluding carboxylic acids is 1. The van der Waals surface area contributed by atoms with Gasteiger partial charge in [-0.05, 0) is 24.1 Å². The Bertz CT molecular complexity index is 477. The molecule has 3 N–H and O–H groups in total. The molecule has 0 unspecified atom stereocenters. The monoisotopic (exact) mass is 434 g/mol. The smallest absolute Gasteiger partial charge is 0.221 e. The zero-order chi connectivity index (χ0) is 16.2. The second-order valence-electron chi connectivity index (χ2n) is 4.80. The van der Waals surface area contributed by atoms with E-state index in [9.17, 15) is 4.79 Å². The number of halogens is 1. The van der Waals surface area contributed by atoms with E-state index in [-0.39, 0.29) is 29.9 Å². The Morgan fingerprint density at radius 1 is 1.13 bits per heavy atom. The Morgan fingerprint density at radius 3 is 2.39 bits per heavy atom. The lowest BCUT2D eigenvalue weighted by Crippen LogP contribution is -2.39. The molecule has 0 heterocycles. The van der Waals surface area contributed by atoms with Crippen LogP contribution in [0.3, 0.4) is 0 Å². The second kappa shape index (κ2) is 13.0. The third kappa shape index (κ3) is 9.27. The molecule has 130 valence electrons. The summed E-state index contributed by atoms with van der Waals surface area (Å²) >= 11 is 0. The maximum absolute atomic E-state index is 11.5. The van der Waals surface area contributed by atoms with E-state index >= 15 is 0 Å². The van der Waals surface area contributed by atoms with Crippen LogP contribution in [-0.2, 0) is 11.3 Å². The predicted octanol–water partition coefficient (Wildman–Crippen LogP) is 1.89. The number of amides is 1. The normalized spacial score (nSPS) is 10.5. The number of benzene rings is 1. The largest absolute Gasteiger partial charge is 0.497 e. The maximum atomic E-state index is 11.5. The summed E-state index contributed by atoms with van der Waals surface area (Å²) in [5.74, 6) is 1.57. The Balaban J connectivity index is 0.00000484. The Labute approximate surface area is 155 Å². The molecule has 1 aromatic rings. The van der Waals surface area contributed by atoms with Crippen LogP contribution in [0.5, 0.6) is 5.75 Å². The van der Waals surface area contributed by atoms with E-state index in [0.29, 0.717) is 25.5 Å². The molecule has 23 heavy (non-hydrogen) atoms. The maximum Gasteiger partial charge on any atom is 0.221 e. The third-order valence-electron chi connectivity index (χ3n) is 3.06. The molecule has 1 rings (SSSR count). The van der Waals surface area contributed by atoms with Gasteiger partial charge < -0.3 is 20.7 Å². The molecule has 0 spiro atoms. The number of hydrogen-bond donors (Lipinski definition) is 3. The minimum Gasteiger partial charge on any atom is -0.497 e. The van der Waals surface area contributed by atoms with Crippen LogP contribution < -0.4 is 20.7 Å². The van der Waals surface area contributed by atoms with Crippen LogP contribution in [-0.4, -0.2) is 39.1 Å². The van der Waals surface area contributed by atoms with Crippen molar-refractivity contribution in [2.75, 3.05) is 27.2 Å². The number of carbonyl (C=O) groups is 1. The summed E-state index contributed by atoms with van der Waals surface area (Å²) < 4.78 is 5.13. The van der Waals surface area contributed by atoms with Crippen LogP contribution in [0.2, 0.25) is 0 Å². The quantitative estimate of drug-likeness (QED) is 0.332. The van der Waals surface area contributed by atoms with Gasteiger partial charge in [0.2, 0.25) is 5.91 Å². The van der Waals surface area contributed by atoms with E-state index in [1.165, 1.54) is 0 Å². The number of methoxy groups -OCH3 is 1. The molecule has 7 heteroatoms. The fourth-order valence-corrected chi connectivity index (χ4v) is 1.80. The molecule has 0 bridgehead atoms. The van der Waals surface area contributed by atoms with Crippen molar-refractivity contribution in [1.82, 2.24) is 16.0 Å². The molecule has 0 aliphatic rings. The first-order chi connectivity index (χ1) is 10.7. The summed E-state index contributed by atoms with van der Waals surface area (Å²) in [6, 6.07) is 7.84. The van der Waals surface area contributed by atoms with Gasteiger partial charge in [0.1, 0.15) is 5.75 Å². The van der Waals surface area contributed by atoms with Crippen molar-refractivity contribution in [3.8, 4) is 5.75 Å². The van der Waals surface area contributed by atoms with E-state index in [1.54, 1.807) is 14.2 Å². The van der Waals surface area contributed by atoms with Crippen LogP contribution in [0.1, 0.15) is 25.3 Å². The van der Waals surface area contributed by atoms with Crippen LogP contribution in [0.25, 0.3) is 0 Å². The van der Waals surface area contributed by atoms with Gasteiger partial charge in [0.25, 0.3) is 0 Å². The van der Waals surface area contributed by atoms with Crippen LogP contribution in [0.15, 0.2) is 29.3 Å². The number of nitrogens with one attached hydrogen (secondary N) is 3. The lowest BCUT2D eigenvalue weighted by atomic mass is 10.2. The molecule has 0 fully saturated rings. The van der Waals surface area contributed by atoms with Gasteiger partial charge in [-0.25, -0.2) is 0 Å². The molecular formula is C16H27IN4O2. The average Bonchev–Trinajstić information content (AvgIpc) is 2.56. The number of nitrogens with zero attached hydrogens (tertiary/aromatic N) is 1. The number of ether oxygens (including phenoxy) is 1. The lowest BCUT2D eigenvalue weighted by Gasteiger charge is -2.12. The van der Waals surface area contributed by atoms with E-state index in [4.69, 9.17) is 4.74 Å². The summed E-state index contributed by atoms with van der Waals surface area (Å²) in [7, 11) is 3.36. The topological polar surface area (TPSA) is 74.8 Å². The minimum absolute atomic E-state index is 0. The zero-order valence-corrected chi connectivity index (χ0v) is 16.3. The van der Waals surface area contributed by atoms with Crippen LogP contribution >= 0.6 is 24.0 Å². The fraction of sp³-hybridized carbons (Fsp3) is 0.500. The van der Waals surface area contributed by atoms with Crippen LogP contribution in [0.4, 0.5) is 0 Å². The molecule has 0 aromatic heterocycles. The second-order valence-corrected chi connectivity index (χ2v) is 4.80. The number of guanidine groups is 1. The van der Waals surface area contributed by atoms with Gasteiger partial charge >= 0.3 is 0 Å². The van der Waals surface area contributed by atoms with Gasteiger partial charge in [0, 0.05) is 33.1 Å². The molecule has 0 saturated heterocycles. The van der Waals surface area contributed by atoms with Gasteiger partial charge in [-0.3, -0.25) is 9.79 Å². The van der Waals surface area contributed by atoms with Gasteiger partial charge in [0.05, 0.1) is 7.11 Å². The summed E-state index contributed by atoms with van der Waals surface area (Å²) in [5, 5.41) is 9.17. The highest BCUT2D eigenvalue weighted by atomic mass is 127. The Kier molecular flexibility index (Phi) is 12.1. The van der Waals surface area contributed by atoms with Crippen molar-refractivity contribution in [2.45, 2.75) is 26.3 Å². The summed E-state index contributed by atoms with van der Waals surface area (Å²) in [4.78, 5) is 15.6. The van der Waals surface area contributed by atoms with Crippen molar-refractivity contribution in [3.05, 3.63) is 29.8 Å². The molecule has 1 amide bonds. The summed E-state index contributed by atoms with van der Waals surface area (Å²) in [6.45, 7) is 3.97. The lowest BCUT2D eigenvalue weighted by molar-refractivity contribution is -0.120. The highest BCUT2D eigenvalue weighted by Gasteiger charge is 2.02. The Hall–Kier alpha value is -1.51. The molecular weight excluding hydrogens is 407 g/mol. The number of aliphatic imine (C=N–C) groups is 1. The first-order valence-corrected chi connectivity index (χ1v) is 7.53. The van der Waals surface area contributed by atoms with Gasteiger partial charge in [0.15, 0.2) is 5.96 Å². The minimum atomic E-state index is 0. The van der Waals surface area contributed by atoms with Crippen molar-refractivity contribution < 1.29 is 9.53 Å². The molecule has 6 nitrogen and oxygen atoms in total. The average molecular weight is 434 g/mol. The van der Waals surface area contributed by atoms with E-state index in [1.807, 2.05) is 31.2 Å². The van der Waals surface area contributed by atoms with E-state index in [2.05, 4.69) is 20.9 Å². The van der Waals surface area contributed by atoms with Crippen LogP contribution in [0, 0.1) is 0 Å². The fourth-order valence-electron chi connectivity index (χ4n) is 1.80. The standard InChI is InChI=1S/C16H26N4O2.HI/c1-4-10-18-15(21)9-11-19-16(17-2)20-12-13-5-7-14(22-3)8-6-13;/h5-8H,4,9-12H2,1-3H3,(H,18,21)(H2,17,19,20);1H. The van der Waals surface area contributed by atoms with Crippen molar-refractivity contribution in [3.63, 3.8) is 0 Å². The van der Waals surface area contributed by atoms with Crippen molar-refractivity contribution >= 4 is 35.8 Å². The highest BCUT2D eigenvalue weighted by molar-refractivity contribution is 14.0. The zero-order valence-electron chi connectivity index (χ0n) is 14.0. The third-order valence-corrected chi connectivity index (χ3v) is 3.06. The summed E-state index contributed by atoms with van der Waals surface area (Å²) in [6.07, 6.45) is 1.38. The SMILES string of the molecule is CCCNC(=O)CCNC(=NC)NCc1ccc(OC)cc1.I. The molecule has 0 aliphatic heterocycles. The molecule has 1 aromatic carbocycles. The van der Waals surface area contributed by atoms with E-state index < -0.39 is 0 Å². The van der Waals surface area contributed by atoms with Gasteiger partial charge in [-0.2, -0.15) is 0 Å². The van der Waals surface area contributed by atoms with Crippen molar-refractivity contribution in [1.29, 1.82) is 0 Å². The number of rotatable bonds is 8. The van der Waals surface area contributed by atoms with Gasteiger partial charge in [-0.15, -0.1) is 24.0 Å². The van der Waals surface area contributed by atoms with E-state index in [0.717, 1.165) is 24.3 Å². The first kappa shape index (κ1) is 21.5. The highest BCUT2D eigenvalue weighted by Crippen LogP contribution is 2.10. The first-order valence-electron chi connectivity index (χ1n) is 7.53. The summed E-state index contributed by atoms with van der Waals surface area (Å²) in [5.41, 5.74) is 1.13. The molecule has 0 saturated carbocycles. The Morgan fingerprint density at radius 2 is 1.83 bits per heavy atom. The van der Waals surface area contributed by atoms with Crippen molar-refractivity contribution in [2.24, 2.45) is 4.99 Å². The predicted molar refractivity (Wildman–Crippen MR) is 105 cm³/mol. The van der Waals surface area contributed by atoms with Gasteiger partial charge in [-0.1, -0.05) is 19.1 Å². The molecule has 0 aliphatic carbocycles. The molecule has 0 atom stereocenters. The number of hydrogen-bond acceptors (Lipinski definition) is 3. The molecule has 0 radical (unpaired) electrons.